The van der Waals surface area contributed by atoms with E-state index in [1.165, 1.54) is 161 Å². The Morgan fingerprint density at radius 3 is 0.937 bits per heavy atom. The van der Waals surface area contributed by atoms with Crippen molar-refractivity contribution < 1.29 is 28.6 Å². The van der Waals surface area contributed by atoms with Gasteiger partial charge in [0.2, 0.25) is 0 Å². The fourth-order valence-electron chi connectivity index (χ4n) is 7.68. The van der Waals surface area contributed by atoms with E-state index in [0.29, 0.717) is 19.3 Å². The fourth-order valence-corrected chi connectivity index (χ4v) is 7.68. The van der Waals surface area contributed by atoms with Crippen molar-refractivity contribution in [3.8, 4) is 0 Å². The molecule has 366 valence electrons. The van der Waals surface area contributed by atoms with Gasteiger partial charge in [0.15, 0.2) is 6.10 Å². The first-order valence-corrected chi connectivity index (χ1v) is 27.1. The Labute approximate surface area is 390 Å². The van der Waals surface area contributed by atoms with Gasteiger partial charge >= 0.3 is 17.9 Å². The van der Waals surface area contributed by atoms with Crippen molar-refractivity contribution in [3.05, 3.63) is 48.6 Å². The fraction of sp³-hybridized carbons (Fsp3) is 0.807. The molecule has 0 radical (unpaired) electrons. The molecule has 0 spiro atoms. The molecule has 0 fully saturated rings. The molecule has 0 amide bonds. The second-order valence-electron chi connectivity index (χ2n) is 18.1. The molecule has 0 N–H and O–H groups in total. The third-order valence-corrected chi connectivity index (χ3v) is 11.8. The molecule has 63 heavy (non-hydrogen) atoms. The van der Waals surface area contributed by atoms with Crippen molar-refractivity contribution in [2.45, 2.75) is 284 Å². The number of rotatable bonds is 49. The van der Waals surface area contributed by atoms with Crippen LogP contribution in [0.15, 0.2) is 48.6 Å². The molecule has 0 aromatic heterocycles. The van der Waals surface area contributed by atoms with Crippen molar-refractivity contribution in [1.29, 1.82) is 0 Å². The van der Waals surface area contributed by atoms with E-state index in [9.17, 15) is 14.4 Å². The topological polar surface area (TPSA) is 78.9 Å². The third-order valence-electron chi connectivity index (χ3n) is 11.8. The first-order chi connectivity index (χ1) is 31.0. The van der Waals surface area contributed by atoms with E-state index in [1.807, 2.05) is 0 Å². The summed E-state index contributed by atoms with van der Waals surface area (Å²) in [6.45, 7) is 6.57. The minimum absolute atomic E-state index is 0.0768. The van der Waals surface area contributed by atoms with Crippen LogP contribution in [0.2, 0.25) is 0 Å². The van der Waals surface area contributed by atoms with Crippen LogP contribution >= 0.6 is 0 Å². The normalized spacial score (nSPS) is 12.4. The highest BCUT2D eigenvalue weighted by Gasteiger charge is 2.19. The van der Waals surface area contributed by atoms with E-state index in [0.717, 1.165) is 77.0 Å². The van der Waals surface area contributed by atoms with Gasteiger partial charge in [-0.05, 0) is 83.5 Å². The van der Waals surface area contributed by atoms with Gasteiger partial charge in [0.05, 0.1) is 0 Å². The number of hydrogen-bond acceptors (Lipinski definition) is 6. The van der Waals surface area contributed by atoms with Gasteiger partial charge in [0, 0.05) is 19.3 Å². The Bertz CT molecular complexity index is 1110. The Kier molecular flexibility index (Phi) is 49.8. The molecular weight excluding hydrogens is 781 g/mol. The zero-order valence-corrected chi connectivity index (χ0v) is 41.8. The van der Waals surface area contributed by atoms with Crippen LogP contribution in [-0.4, -0.2) is 37.2 Å². The number of hydrogen-bond donors (Lipinski definition) is 0. The van der Waals surface area contributed by atoms with Gasteiger partial charge in [-0.1, -0.05) is 223 Å². The molecule has 0 rings (SSSR count). The van der Waals surface area contributed by atoms with Crippen molar-refractivity contribution in [2.24, 2.45) is 0 Å². The van der Waals surface area contributed by atoms with Gasteiger partial charge in [-0.25, -0.2) is 0 Å². The smallest absolute Gasteiger partial charge is 0.306 e. The van der Waals surface area contributed by atoms with Gasteiger partial charge in [-0.15, -0.1) is 0 Å². The van der Waals surface area contributed by atoms with E-state index in [2.05, 4.69) is 69.4 Å². The maximum absolute atomic E-state index is 12.8. The summed E-state index contributed by atoms with van der Waals surface area (Å²) in [6, 6.07) is 0. The van der Waals surface area contributed by atoms with Gasteiger partial charge in [0.1, 0.15) is 13.2 Å². The maximum Gasteiger partial charge on any atom is 0.306 e. The highest BCUT2D eigenvalue weighted by molar-refractivity contribution is 5.71. The van der Waals surface area contributed by atoms with E-state index in [1.54, 1.807) is 0 Å². The lowest BCUT2D eigenvalue weighted by molar-refractivity contribution is -0.167. The zero-order valence-electron chi connectivity index (χ0n) is 41.8. The number of carbonyl (C=O) groups excluding carboxylic acids is 3. The van der Waals surface area contributed by atoms with Crippen LogP contribution in [-0.2, 0) is 28.6 Å². The van der Waals surface area contributed by atoms with E-state index >= 15 is 0 Å². The predicted octanol–water partition coefficient (Wildman–Crippen LogP) is 17.9. The van der Waals surface area contributed by atoms with E-state index in [-0.39, 0.29) is 31.1 Å². The number of allylic oxidation sites excluding steroid dienone is 8. The molecule has 0 aliphatic heterocycles. The first kappa shape index (κ1) is 60.4. The summed E-state index contributed by atoms with van der Waals surface area (Å²) in [5.74, 6) is -0.890. The standard InChI is InChI=1S/C57H102O6/c1-4-7-10-13-16-18-20-22-24-26-28-30-32-34-36-38-41-44-47-50-56(59)62-53-54(52-61-55(58)49-46-43-40-15-12-9-6-3)63-57(60)51-48-45-42-39-37-35-33-31-29-27-25-23-21-19-17-14-11-8-5-2/h16,18,22-25,28,30,54H,4-15,17,19-21,26-27,29,31-53H2,1-3H3/b18-16-,24-22-,25-23-,30-28-. The van der Waals surface area contributed by atoms with Crippen LogP contribution in [0.3, 0.4) is 0 Å². The molecular formula is C57H102O6. The maximum atomic E-state index is 12.8. The van der Waals surface area contributed by atoms with Crippen LogP contribution < -0.4 is 0 Å². The number of unbranched alkanes of at least 4 members (excludes halogenated alkanes) is 30. The zero-order chi connectivity index (χ0) is 45.8. The third kappa shape index (κ3) is 50.2. The quantitative estimate of drug-likeness (QED) is 0.0262. The first-order valence-electron chi connectivity index (χ1n) is 27.1. The largest absolute Gasteiger partial charge is 0.462 e. The van der Waals surface area contributed by atoms with E-state index in [4.69, 9.17) is 14.2 Å². The molecule has 6 nitrogen and oxygen atoms in total. The Balaban J connectivity index is 4.24. The molecule has 0 aliphatic carbocycles. The Morgan fingerprint density at radius 1 is 0.317 bits per heavy atom. The highest BCUT2D eigenvalue weighted by atomic mass is 16.6. The molecule has 0 saturated heterocycles. The summed E-state index contributed by atoms with van der Waals surface area (Å²) >= 11 is 0. The van der Waals surface area contributed by atoms with Crippen LogP contribution in [0, 0.1) is 0 Å². The molecule has 0 aromatic carbocycles. The summed E-state index contributed by atoms with van der Waals surface area (Å²) < 4.78 is 16.8. The van der Waals surface area contributed by atoms with Crippen molar-refractivity contribution >= 4 is 17.9 Å². The monoisotopic (exact) mass is 883 g/mol. The summed E-state index contributed by atoms with van der Waals surface area (Å²) in [5, 5.41) is 0. The average Bonchev–Trinajstić information content (AvgIpc) is 3.28. The molecule has 6 heteroatoms. The van der Waals surface area contributed by atoms with Crippen molar-refractivity contribution in [2.75, 3.05) is 13.2 Å². The Hall–Kier alpha value is -2.63. The highest BCUT2D eigenvalue weighted by Crippen LogP contribution is 2.15. The summed E-state index contributed by atoms with van der Waals surface area (Å²) in [6.07, 6.45) is 62.5. The second kappa shape index (κ2) is 52.0. The lowest BCUT2D eigenvalue weighted by Gasteiger charge is -2.18. The molecule has 0 aliphatic rings. The number of ether oxygens (including phenoxy) is 3. The van der Waals surface area contributed by atoms with Gasteiger partial charge < -0.3 is 14.2 Å². The number of esters is 3. The van der Waals surface area contributed by atoms with Crippen LogP contribution in [0.1, 0.15) is 278 Å². The lowest BCUT2D eigenvalue weighted by atomic mass is 10.1. The molecule has 1 unspecified atom stereocenters. The molecule has 0 saturated carbocycles. The van der Waals surface area contributed by atoms with Crippen molar-refractivity contribution in [3.63, 3.8) is 0 Å². The van der Waals surface area contributed by atoms with Crippen LogP contribution in [0.25, 0.3) is 0 Å². The second-order valence-corrected chi connectivity index (χ2v) is 18.1. The molecule has 0 aromatic rings. The molecule has 1 atom stereocenters. The van der Waals surface area contributed by atoms with Gasteiger partial charge in [-0.3, -0.25) is 14.4 Å². The van der Waals surface area contributed by atoms with Crippen LogP contribution in [0.5, 0.6) is 0 Å². The summed E-state index contributed by atoms with van der Waals surface area (Å²) in [7, 11) is 0. The van der Waals surface area contributed by atoms with Crippen LogP contribution in [0.4, 0.5) is 0 Å². The van der Waals surface area contributed by atoms with Crippen molar-refractivity contribution in [1.82, 2.24) is 0 Å². The minimum atomic E-state index is -0.775. The summed E-state index contributed by atoms with van der Waals surface area (Å²) in [5.41, 5.74) is 0. The predicted molar refractivity (Wildman–Crippen MR) is 270 cm³/mol. The number of carbonyl (C=O) groups is 3. The van der Waals surface area contributed by atoms with Gasteiger partial charge in [0.25, 0.3) is 0 Å². The van der Waals surface area contributed by atoms with E-state index < -0.39 is 6.10 Å². The molecule has 0 bridgehead atoms. The lowest BCUT2D eigenvalue weighted by Crippen LogP contribution is -2.30. The Morgan fingerprint density at radius 2 is 0.571 bits per heavy atom. The SMILES string of the molecule is CCCCC/C=C\C/C=C\C/C=C\CCCCCCCCC(=O)OCC(COC(=O)CCCCCCCCC)OC(=O)CCCCCCCCCCC/C=C\CCCCCCCC. The summed E-state index contributed by atoms with van der Waals surface area (Å²) in [4.78, 5) is 37.9. The minimum Gasteiger partial charge on any atom is -0.462 e. The average molecular weight is 883 g/mol. The van der Waals surface area contributed by atoms with Gasteiger partial charge in [-0.2, -0.15) is 0 Å². The molecule has 0 heterocycles.